The van der Waals surface area contributed by atoms with Gasteiger partial charge in [0.15, 0.2) is 0 Å². The minimum atomic E-state index is -0.272. The van der Waals surface area contributed by atoms with Gasteiger partial charge in [-0.3, -0.25) is 0 Å². The Hall–Kier alpha value is -2.49. The number of carbonyl (C=O) groups is 1. The number of benzene rings is 2. The van der Waals surface area contributed by atoms with Crippen molar-refractivity contribution >= 4 is 17.4 Å². The summed E-state index contributed by atoms with van der Waals surface area (Å²) in [6, 6.07) is 16.1. The van der Waals surface area contributed by atoms with E-state index in [1.165, 1.54) is 0 Å². The average Bonchev–Trinajstić information content (AvgIpc) is 2.51. The molecule has 0 aliphatic rings. The van der Waals surface area contributed by atoms with Crippen molar-refractivity contribution in [1.29, 1.82) is 0 Å². The molecule has 0 unspecified atom stereocenters. The first-order chi connectivity index (χ1) is 9.78. The quantitative estimate of drug-likeness (QED) is 0.872. The SMILES string of the molecule is CC.COc1ccc(NC(=O)Nc2ccccc2)cc1. The number of methoxy groups -OCH3 is 1. The molecule has 2 rings (SSSR count). The number of hydrogen-bond acceptors (Lipinski definition) is 2. The minimum absolute atomic E-state index is 0.272. The minimum Gasteiger partial charge on any atom is -0.497 e. The molecule has 20 heavy (non-hydrogen) atoms. The number of hydrogen-bond donors (Lipinski definition) is 2. The zero-order valence-electron chi connectivity index (χ0n) is 12.0. The van der Waals surface area contributed by atoms with Crippen LogP contribution in [-0.2, 0) is 0 Å². The summed E-state index contributed by atoms with van der Waals surface area (Å²) in [5.74, 6) is 0.754. The zero-order chi connectivity index (χ0) is 14.8. The Bertz CT molecular complexity index is 510. The van der Waals surface area contributed by atoms with Crippen molar-refractivity contribution in [2.45, 2.75) is 13.8 Å². The molecular formula is C16H20N2O2. The molecule has 2 amide bonds. The van der Waals surface area contributed by atoms with E-state index in [0.29, 0.717) is 5.69 Å². The maximum Gasteiger partial charge on any atom is 0.323 e. The van der Waals surface area contributed by atoms with E-state index in [9.17, 15) is 4.79 Å². The summed E-state index contributed by atoms with van der Waals surface area (Å²) < 4.78 is 5.04. The van der Waals surface area contributed by atoms with E-state index in [1.807, 2.05) is 44.2 Å². The number of carbonyl (C=O) groups excluding carboxylic acids is 1. The van der Waals surface area contributed by atoms with Crippen LogP contribution in [0.5, 0.6) is 5.75 Å². The molecular weight excluding hydrogens is 252 g/mol. The molecule has 4 heteroatoms. The van der Waals surface area contributed by atoms with Crippen molar-refractivity contribution < 1.29 is 9.53 Å². The number of rotatable bonds is 3. The first-order valence-electron chi connectivity index (χ1n) is 6.55. The third-order valence-corrected chi connectivity index (χ3v) is 2.38. The lowest BCUT2D eigenvalue weighted by Gasteiger charge is -2.08. The zero-order valence-corrected chi connectivity index (χ0v) is 12.0. The molecule has 2 aromatic rings. The maximum absolute atomic E-state index is 11.7. The lowest BCUT2D eigenvalue weighted by Crippen LogP contribution is -2.19. The lowest BCUT2D eigenvalue weighted by atomic mass is 10.3. The molecule has 0 saturated heterocycles. The second-order valence-corrected chi connectivity index (χ2v) is 3.67. The van der Waals surface area contributed by atoms with Crippen molar-refractivity contribution in [2.24, 2.45) is 0 Å². The Kier molecular flexibility index (Phi) is 6.68. The molecule has 0 aromatic heterocycles. The van der Waals surface area contributed by atoms with E-state index >= 15 is 0 Å². The van der Waals surface area contributed by atoms with Gasteiger partial charge in [0, 0.05) is 11.4 Å². The van der Waals surface area contributed by atoms with Gasteiger partial charge in [-0.25, -0.2) is 4.79 Å². The van der Waals surface area contributed by atoms with Gasteiger partial charge < -0.3 is 15.4 Å². The van der Waals surface area contributed by atoms with Crippen molar-refractivity contribution in [3.05, 3.63) is 54.6 Å². The van der Waals surface area contributed by atoms with Crippen molar-refractivity contribution in [2.75, 3.05) is 17.7 Å². The normalized spacial score (nSPS) is 8.95. The summed E-state index contributed by atoms with van der Waals surface area (Å²) >= 11 is 0. The molecule has 106 valence electrons. The predicted molar refractivity (Wildman–Crippen MR) is 83.4 cm³/mol. The van der Waals surface area contributed by atoms with Gasteiger partial charge in [-0.15, -0.1) is 0 Å². The van der Waals surface area contributed by atoms with E-state index in [0.717, 1.165) is 11.4 Å². The molecule has 0 aliphatic carbocycles. The smallest absolute Gasteiger partial charge is 0.323 e. The van der Waals surface area contributed by atoms with Crippen LogP contribution in [0.2, 0.25) is 0 Å². The Morgan fingerprint density at radius 1 is 0.850 bits per heavy atom. The van der Waals surface area contributed by atoms with Crippen LogP contribution in [0.4, 0.5) is 16.2 Å². The van der Waals surface area contributed by atoms with Crippen LogP contribution in [0, 0.1) is 0 Å². The third-order valence-electron chi connectivity index (χ3n) is 2.38. The highest BCUT2D eigenvalue weighted by atomic mass is 16.5. The summed E-state index contributed by atoms with van der Waals surface area (Å²) in [5, 5.41) is 5.47. The molecule has 0 spiro atoms. The van der Waals surface area contributed by atoms with Crippen LogP contribution in [0.15, 0.2) is 54.6 Å². The predicted octanol–water partition coefficient (Wildman–Crippen LogP) is 4.37. The highest BCUT2D eigenvalue weighted by Gasteiger charge is 2.02. The molecule has 0 fully saturated rings. The van der Waals surface area contributed by atoms with Crippen LogP contribution >= 0.6 is 0 Å². The van der Waals surface area contributed by atoms with Crippen molar-refractivity contribution in [3.63, 3.8) is 0 Å². The molecule has 0 heterocycles. The number of ether oxygens (including phenoxy) is 1. The molecule has 0 radical (unpaired) electrons. The third kappa shape index (κ3) is 5.02. The fourth-order valence-corrected chi connectivity index (χ4v) is 1.49. The molecule has 0 atom stereocenters. The van der Waals surface area contributed by atoms with E-state index in [-0.39, 0.29) is 6.03 Å². The first kappa shape index (κ1) is 15.6. The van der Waals surface area contributed by atoms with E-state index in [1.54, 1.807) is 31.4 Å². The van der Waals surface area contributed by atoms with Crippen LogP contribution < -0.4 is 15.4 Å². The fourth-order valence-electron chi connectivity index (χ4n) is 1.49. The summed E-state index contributed by atoms with van der Waals surface area (Å²) in [7, 11) is 1.60. The monoisotopic (exact) mass is 272 g/mol. The Labute approximate surface area is 119 Å². The van der Waals surface area contributed by atoms with Gasteiger partial charge in [0.2, 0.25) is 0 Å². The van der Waals surface area contributed by atoms with Crippen LogP contribution in [0.1, 0.15) is 13.8 Å². The molecule has 2 aromatic carbocycles. The van der Waals surface area contributed by atoms with Gasteiger partial charge in [-0.1, -0.05) is 32.0 Å². The van der Waals surface area contributed by atoms with Gasteiger partial charge in [0.1, 0.15) is 5.75 Å². The van der Waals surface area contributed by atoms with Gasteiger partial charge in [0.25, 0.3) is 0 Å². The summed E-state index contributed by atoms with van der Waals surface area (Å²) in [4.78, 5) is 11.7. The molecule has 0 saturated carbocycles. The number of para-hydroxylation sites is 1. The van der Waals surface area contributed by atoms with E-state index < -0.39 is 0 Å². The van der Waals surface area contributed by atoms with E-state index in [4.69, 9.17) is 4.74 Å². The first-order valence-corrected chi connectivity index (χ1v) is 6.55. The highest BCUT2D eigenvalue weighted by Crippen LogP contribution is 2.15. The van der Waals surface area contributed by atoms with Crippen molar-refractivity contribution in [1.82, 2.24) is 0 Å². The molecule has 0 bridgehead atoms. The summed E-state index contributed by atoms with van der Waals surface area (Å²) in [5.41, 5.74) is 1.47. The Morgan fingerprint density at radius 2 is 1.35 bits per heavy atom. The maximum atomic E-state index is 11.7. The average molecular weight is 272 g/mol. The van der Waals surface area contributed by atoms with Crippen LogP contribution in [0.25, 0.3) is 0 Å². The summed E-state index contributed by atoms with van der Waals surface area (Å²) in [6.45, 7) is 4.00. The molecule has 2 N–H and O–H groups in total. The van der Waals surface area contributed by atoms with Crippen LogP contribution in [0.3, 0.4) is 0 Å². The number of urea groups is 1. The molecule has 0 aliphatic heterocycles. The van der Waals surface area contributed by atoms with Gasteiger partial charge in [0.05, 0.1) is 7.11 Å². The second kappa shape index (κ2) is 8.58. The van der Waals surface area contributed by atoms with Gasteiger partial charge >= 0.3 is 6.03 Å². The lowest BCUT2D eigenvalue weighted by molar-refractivity contribution is 0.262. The number of amides is 2. The fraction of sp³-hybridized carbons (Fsp3) is 0.188. The van der Waals surface area contributed by atoms with Crippen LogP contribution in [-0.4, -0.2) is 13.1 Å². The Balaban J connectivity index is 0.000000956. The topological polar surface area (TPSA) is 50.4 Å². The molecule has 4 nitrogen and oxygen atoms in total. The van der Waals surface area contributed by atoms with Gasteiger partial charge in [-0.2, -0.15) is 0 Å². The number of anilines is 2. The Morgan fingerprint density at radius 3 is 1.85 bits per heavy atom. The second-order valence-electron chi connectivity index (χ2n) is 3.67. The standard InChI is InChI=1S/C14H14N2O2.C2H6/c1-18-13-9-7-12(8-10-13)16-14(17)15-11-5-3-2-4-6-11;1-2/h2-10H,1H3,(H2,15,16,17);1-2H3. The summed E-state index contributed by atoms with van der Waals surface area (Å²) in [6.07, 6.45) is 0. The van der Waals surface area contributed by atoms with Gasteiger partial charge in [-0.05, 0) is 36.4 Å². The number of nitrogens with one attached hydrogen (secondary N) is 2. The highest BCUT2D eigenvalue weighted by molar-refractivity contribution is 5.99. The van der Waals surface area contributed by atoms with Crippen molar-refractivity contribution in [3.8, 4) is 5.75 Å². The largest absolute Gasteiger partial charge is 0.497 e. The van der Waals surface area contributed by atoms with E-state index in [2.05, 4.69) is 10.6 Å².